The molecule has 0 saturated carbocycles. The van der Waals surface area contributed by atoms with E-state index in [1.807, 2.05) is 36.6 Å². The van der Waals surface area contributed by atoms with Crippen LogP contribution in [0.4, 0.5) is 10.3 Å². The first-order chi connectivity index (χ1) is 10.1. The van der Waals surface area contributed by atoms with Crippen molar-refractivity contribution in [1.82, 2.24) is 14.9 Å². The summed E-state index contributed by atoms with van der Waals surface area (Å²) in [5.41, 5.74) is 2.97. The summed E-state index contributed by atoms with van der Waals surface area (Å²) >= 11 is 0. The van der Waals surface area contributed by atoms with Crippen LogP contribution in [0, 0.1) is 6.92 Å². The van der Waals surface area contributed by atoms with Crippen LogP contribution in [0.3, 0.4) is 0 Å². The lowest BCUT2D eigenvalue weighted by molar-refractivity contribution is -0.117. The first-order valence-corrected chi connectivity index (χ1v) is 7.23. The number of benzene rings is 1. The van der Waals surface area contributed by atoms with Crippen LogP contribution in [0.2, 0.25) is 0 Å². The number of carbonyl (C=O) groups excluding carboxylic acids is 1. The molecule has 112 valence electrons. The summed E-state index contributed by atoms with van der Waals surface area (Å²) in [7, 11) is 0. The Bertz CT molecular complexity index is 682. The zero-order valence-electron chi connectivity index (χ0n) is 12.2. The minimum atomic E-state index is -0.951. The Balaban J connectivity index is 1.88. The number of nitrogens with zero attached hydrogens (tertiary/aromatic N) is 2. The number of anilines is 1. The average molecular weight is 290 g/mol. The van der Waals surface area contributed by atoms with E-state index in [0.717, 1.165) is 16.6 Å². The molecule has 1 aliphatic rings. The van der Waals surface area contributed by atoms with E-state index < -0.39 is 12.2 Å². The quantitative estimate of drug-likeness (QED) is 0.909. The van der Waals surface area contributed by atoms with E-state index >= 15 is 0 Å². The number of fused-ring (bicyclic) bond motifs is 1. The van der Waals surface area contributed by atoms with Crippen LogP contribution in [-0.4, -0.2) is 34.2 Å². The van der Waals surface area contributed by atoms with Crippen molar-refractivity contribution in [2.75, 3.05) is 11.9 Å². The summed E-state index contributed by atoms with van der Waals surface area (Å²) in [6, 6.07) is 5.53. The highest BCUT2D eigenvalue weighted by atomic mass is 19.1. The number of halogens is 1. The minimum Gasteiger partial charge on any atom is -0.310 e. The molecule has 2 N–H and O–H groups in total. The van der Waals surface area contributed by atoms with Gasteiger partial charge in [-0.05, 0) is 31.5 Å². The fourth-order valence-corrected chi connectivity index (χ4v) is 2.74. The first kappa shape index (κ1) is 14.0. The molecular formula is C15H19FN4O. The van der Waals surface area contributed by atoms with Gasteiger partial charge >= 0.3 is 0 Å². The Morgan fingerprint density at radius 1 is 1.57 bits per heavy atom. The van der Waals surface area contributed by atoms with Gasteiger partial charge in [0, 0.05) is 19.5 Å². The Kier molecular flexibility index (Phi) is 3.63. The predicted octanol–water partition coefficient (Wildman–Crippen LogP) is 2.00. The van der Waals surface area contributed by atoms with Crippen molar-refractivity contribution in [3.63, 3.8) is 0 Å². The second kappa shape index (κ2) is 5.44. The Hall–Kier alpha value is -1.95. The second-order valence-corrected chi connectivity index (χ2v) is 5.45. The number of aryl methyl sites for hydroxylation is 2. The van der Waals surface area contributed by atoms with Crippen LogP contribution in [0.25, 0.3) is 11.0 Å². The summed E-state index contributed by atoms with van der Waals surface area (Å²) in [5.74, 6) is 0.295. The van der Waals surface area contributed by atoms with E-state index in [1.54, 1.807) is 0 Å². The molecule has 6 heteroatoms. The summed E-state index contributed by atoms with van der Waals surface area (Å²) in [6.07, 6.45) is -0.731. The van der Waals surface area contributed by atoms with Gasteiger partial charge in [-0.1, -0.05) is 6.07 Å². The molecule has 5 nitrogen and oxygen atoms in total. The molecule has 2 aromatic rings. The fourth-order valence-electron chi connectivity index (χ4n) is 2.74. The number of hydrogen-bond acceptors (Lipinski definition) is 3. The highest BCUT2D eigenvalue weighted by molar-refractivity contribution is 5.95. The molecule has 0 bridgehead atoms. The van der Waals surface area contributed by atoms with Crippen LogP contribution in [0.1, 0.15) is 18.9 Å². The first-order valence-electron chi connectivity index (χ1n) is 7.23. The number of alkyl halides is 1. The maximum Gasteiger partial charge on any atom is 0.243 e. The van der Waals surface area contributed by atoms with Gasteiger partial charge in [0.2, 0.25) is 11.9 Å². The Morgan fingerprint density at radius 2 is 2.38 bits per heavy atom. The lowest BCUT2D eigenvalue weighted by atomic mass is 10.2. The van der Waals surface area contributed by atoms with Crippen LogP contribution in [-0.2, 0) is 11.3 Å². The van der Waals surface area contributed by atoms with E-state index in [9.17, 15) is 9.18 Å². The van der Waals surface area contributed by atoms with Gasteiger partial charge in [0.1, 0.15) is 6.17 Å². The number of carbonyl (C=O) groups is 1. The summed E-state index contributed by atoms with van der Waals surface area (Å²) in [4.78, 5) is 16.7. The minimum absolute atomic E-state index is 0.220. The third-order valence-corrected chi connectivity index (χ3v) is 3.85. The molecule has 1 aromatic heterocycles. The van der Waals surface area contributed by atoms with Crippen LogP contribution in [0.5, 0.6) is 0 Å². The van der Waals surface area contributed by atoms with Crippen molar-refractivity contribution in [2.24, 2.45) is 0 Å². The summed E-state index contributed by atoms with van der Waals surface area (Å²) < 4.78 is 15.1. The summed E-state index contributed by atoms with van der Waals surface area (Å²) in [6.45, 7) is 4.95. The monoisotopic (exact) mass is 290 g/mol. The highest BCUT2D eigenvalue weighted by Gasteiger charge is 2.30. The number of hydrogen-bond donors (Lipinski definition) is 2. The molecule has 0 spiro atoms. The zero-order valence-corrected chi connectivity index (χ0v) is 12.2. The normalized spacial score (nSPS) is 21.9. The maximum atomic E-state index is 13.2. The number of amides is 1. The lowest BCUT2D eigenvalue weighted by Gasteiger charge is -2.11. The maximum absolute atomic E-state index is 13.2. The molecule has 0 aliphatic carbocycles. The van der Waals surface area contributed by atoms with Crippen molar-refractivity contribution in [2.45, 2.75) is 39.0 Å². The molecule has 1 amide bonds. The molecule has 2 heterocycles. The van der Waals surface area contributed by atoms with E-state index in [2.05, 4.69) is 15.6 Å². The molecular weight excluding hydrogens is 271 g/mol. The SMILES string of the molecule is CCn1c(NC(=O)[C@H]2C[C@H](F)CN2)nc2cc(C)ccc21. The molecule has 1 aliphatic heterocycles. The molecule has 3 rings (SSSR count). The molecule has 21 heavy (non-hydrogen) atoms. The van der Waals surface area contributed by atoms with E-state index in [-0.39, 0.29) is 18.9 Å². The molecule has 1 fully saturated rings. The van der Waals surface area contributed by atoms with E-state index in [0.29, 0.717) is 12.5 Å². The number of nitrogens with one attached hydrogen (secondary N) is 2. The molecule has 0 radical (unpaired) electrons. The van der Waals surface area contributed by atoms with Gasteiger partial charge in [-0.15, -0.1) is 0 Å². The van der Waals surface area contributed by atoms with Gasteiger partial charge in [-0.2, -0.15) is 0 Å². The van der Waals surface area contributed by atoms with E-state index in [4.69, 9.17) is 0 Å². The zero-order chi connectivity index (χ0) is 15.0. The van der Waals surface area contributed by atoms with Crippen molar-refractivity contribution in [3.8, 4) is 0 Å². The van der Waals surface area contributed by atoms with Gasteiger partial charge in [-0.3, -0.25) is 10.1 Å². The topological polar surface area (TPSA) is 59.0 Å². The molecule has 1 aromatic carbocycles. The van der Waals surface area contributed by atoms with Crippen molar-refractivity contribution >= 4 is 22.9 Å². The van der Waals surface area contributed by atoms with Gasteiger partial charge in [-0.25, -0.2) is 9.37 Å². The molecule has 2 atom stereocenters. The predicted molar refractivity (Wildman–Crippen MR) is 80.1 cm³/mol. The van der Waals surface area contributed by atoms with Gasteiger partial charge < -0.3 is 9.88 Å². The Labute approximate surface area is 122 Å². The fraction of sp³-hybridized carbons (Fsp3) is 0.467. The van der Waals surface area contributed by atoms with Crippen LogP contribution in [0.15, 0.2) is 18.2 Å². The number of aromatic nitrogens is 2. The largest absolute Gasteiger partial charge is 0.310 e. The lowest BCUT2D eigenvalue weighted by Crippen LogP contribution is -2.36. The van der Waals surface area contributed by atoms with Gasteiger partial charge in [0.05, 0.1) is 17.1 Å². The molecule has 1 saturated heterocycles. The highest BCUT2D eigenvalue weighted by Crippen LogP contribution is 2.21. The number of imidazole rings is 1. The third kappa shape index (κ3) is 2.63. The van der Waals surface area contributed by atoms with Crippen molar-refractivity contribution in [1.29, 1.82) is 0 Å². The van der Waals surface area contributed by atoms with E-state index in [1.165, 1.54) is 0 Å². The van der Waals surface area contributed by atoms with Crippen LogP contribution >= 0.6 is 0 Å². The van der Waals surface area contributed by atoms with Crippen molar-refractivity contribution < 1.29 is 9.18 Å². The second-order valence-electron chi connectivity index (χ2n) is 5.45. The smallest absolute Gasteiger partial charge is 0.243 e. The standard InChI is InChI=1S/C15H19FN4O/c1-3-20-13-5-4-9(2)6-11(13)18-15(20)19-14(21)12-7-10(16)8-17-12/h4-6,10,12,17H,3,7-8H2,1-2H3,(H,18,19,21)/t10-,12+/m0/s1. The van der Waals surface area contributed by atoms with Gasteiger partial charge in [0.15, 0.2) is 0 Å². The molecule has 0 unspecified atom stereocenters. The van der Waals surface area contributed by atoms with Crippen LogP contribution < -0.4 is 10.6 Å². The summed E-state index contributed by atoms with van der Waals surface area (Å²) in [5, 5.41) is 5.70. The Morgan fingerprint density at radius 3 is 3.05 bits per heavy atom. The van der Waals surface area contributed by atoms with Gasteiger partial charge in [0.25, 0.3) is 0 Å². The third-order valence-electron chi connectivity index (χ3n) is 3.85. The average Bonchev–Trinajstić information content (AvgIpc) is 3.01. The van der Waals surface area contributed by atoms with Crippen molar-refractivity contribution in [3.05, 3.63) is 23.8 Å². The number of rotatable bonds is 3.